The monoisotopic (exact) mass is 411 g/mol. The van der Waals surface area contributed by atoms with E-state index in [0.29, 0.717) is 12.1 Å². The number of H-pyrrole nitrogens is 1. The molecule has 0 bridgehead atoms. The van der Waals surface area contributed by atoms with Crippen molar-refractivity contribution < 1.29 is 4.79 Å². The average molecular weight is 412 g/mol. The molecule has 1 heterocycles. The van der Waals surface area contributed by atoms with Crippen LogP contribution < -0.4 is 5.32 Å². The minimum Gasteiger partial charge on any atom is -0.352 e. The first-order chi connectivity index (χ1) is 14.9. The molecule has 0 saturated heterocycles. The van der Waals surface area contributed by atoms with Crippen molar-refractivity contribution in [3.63, 3.8) is 0 Å². The summed E-state index contributed by atoms with van der Waals surface area (Å²) in [6.45, 7) is 7.28. The van der Waals surface area contributed by atoms with Gasteiger partial charge in [-0.2, -0.15) is 0 Å². The fraction of sp³-hybridized carbons (Fsp3) is 0.259. The number of nitrogens with zero attached hydrogens (tertiary/aromatic N) is 1. The molecule has 0 aliphatic heterocycles. The Bertz CT molecular complexity index is 1170. The van der Waals surface area contributed by atoms with Crippen molar-refractivity contribution in [1.29, 1.82) is 0 Å². The minimum absolute atomic E-state index is 0.0426. The number of carbonyl (C=O) groups is 1. The Labute approximate surface area is 183 Å². The number of aromatic amines is 1. The molecule has 0 atom stereocenters. The maximum atomic E-state index is 12.4. The summed E-state index contributed by atoms with van der Waals surface area (Å²) in [7, 11) is 0. The van der Waals surface area contributed by atoms with Crippen LogP contribution in [0, 0.1) is 0 Å². The molecule has 0 unspecified atom stereocenters. The van der Waals surface area contributed by atoms with E-state index >= 15 is 0 Å². The van der Waals surface area contributed by atoms with Gasteiger partial charge in [-0.25, -0.2) is 4.98 Å². The third-order valence-electron chi connectivity index (χ3n) is 5.54. The van der Waals surface area contributed by atoms with Gasteiger partial charge in [0, 0.05) is 17.7 Å². The first-order valence-electron chi connectivity index (χ1n) is 10.8. The molecule has 0 aliphatic rings. The predicted octanol–water partition coefficient (Wildman–Crippen LogP) is 5.89. The van der Waals surface area contributed by atoms with Crippen LogP contribution in [-0.4, -0.2) is 22.4 Å². The second kappa shape index (κ2) is 8.76. The summed E-state index contributed by atoms with van der Waals surface area (Å²) in [5.41, 5.74) is 6.26. The summed E-state index contributed by atoms with van der Waals surface area (Å²) in [4.78, 5) is 20.6. The molecule has 1 aromatic heterocycles. The molecule has 1 amide bonds. The highest BCUT2D eigenvalue weighted by Crippen LogP contribution is 2.27. The lowest BCUT2D eigenvalue weighted by Gasteiger charge is -2.18. The van der Waals surface area contributed by atoms with Crippen LogP contribution in [0.2, 0.25) is 0 Å². The third-order valence-corrected chi connectivity index (χ3v) is 5.54. The van der Waals surface area contributed by atoms with Crippen LogP contribution in [0.1, 0.15) is 48.7 Å². The normalized spacial score (nSPS) is 11.6. The molecule has 2 N–H and O–H groups in total. The van der Waals surface area contributed by atoms with Gasteiger partial charge in [-0.3, -0.25) is 4.79 Å². The topological polar surface area (TPSA) is 57.8 Å². The van der Waals surface area contributed by atoms with Crippen LogP contribution in [0.3, 0.4) is 0 Å². The molecule has 4 aromatic rings. The fourth-order valence-corrected chi connectivity index (χ4v) is 3.63. The van der Waals surface area contributed by atoms with Crippen LogP contribution >= 0.6 is 0 Å². The zero-order valence-electron chi connectivity index (χ0n) is 18.4. The maximum absolute atomic E-state index is 12.4. The minimum atomic E-state index is -0.0426. The van der Waals surface area contributed by atoms with Crippen molar-refractivity contribution >= 4 is 16.9 Å². The summed E-state index contributed by atoms with van der Waals surface area (Å²) >= 11 is 0. The zero-order valence-corrected chi connectivity index (χ0v) is 18.4. The summed E-state index contributed by atoms with van der Waals surface area (Å²) in [5.74, 6) is 0.773. The largest absolute Gasteiger partial charge is 0.352 e. The fourth-order valence-electron chi connectivity index (χ4n) is 3.63. The molecule has 31 heavy (non-hydrogen) atoms. The van der Waals surface area contributed by atoms with E-state index in [1.54, 1.807) is 0 Å². The molecule has 0 radical (unpaired) electrons. The van der Waals surface area contributed by atoms with Crippen LogP contribution in [0.5, 0.6) is 0 Å². The number of aryl methyl sites for hydroxylation is 1. The van der Waals surface area contributed by atoms with E-state index in [9.17, 15) is 4.79 Å². The number of carbonyl (C=O) groups excluding carboxylic acids is 1. The number of benzene rings is 3. The summed E-state index contributed by atoms with van der Waals surface area (Å²) in [6.07, 6.45) is 1.88. The molecule has 4 heteroatoms. The van der Waals surface area contributed by atoms with E-state index in [-0.39, 0.29) is 11.3 Å². The van der Waals surface area contributed by atoms with E-state index in [0.717, 1.165) is 35.3 Å². The summed E-state index contributed by atoms with van der Waals surface area (Å²) < 4.78 is 0. The number of hydrogen-bond acceptors (Lipinski definition) is 2. The lowest BCUT2D eigenvalue weighted by atomic mass is 9.87. The maximum Gasteiger partial charge on any atom is 0.251 e. The van der Waals surface area contributed by atoms with Crippen molar-refractivity contribution in [3.05, 3.63) is 89.5 Å². The van der Waals surface area contributed by atoms with E-state index in [1.165, 1.54) is 11.1 Å². The third kappa shape index (κ3) is 5.02. The molecule has 4 rings (SSSR count). The molecular formula is C27H29N3O. The van der Waals surface area contributed by atoms with E-state index in [4.69, 9.17) is 4.98 Å². The van der Waals surface area contributed by atoms with Gasteiger partial charge in [0.2, 0.25) is 0 Å². The highest BCUT2D eigenvalue weighted by atomic mass is 16.1. The van der Waals surface area contributed by atoms with Gasteiger partial charge in [0.15, 0.2) is 0 Å². The van der Waals surface area contributed by atoms with Gasteiger partial charge in [0.05, 0.1) is 11.0 Å². The number of nitrogens with one attached hydrogen (secondary N) is 2. The Balaban J connectivity index is 1.39. The Morgan fingerprint density at radius 2 is 1.71 bits per heavy atom. The number of rotatable bonds is 6. The van der Waals surface area contributed by atoms with E-state index in [1.807, 2.05) is 42.5 Å². The standard InChI is InChI=1S/C27H29N3O/c1-27(2,3)22-15-16-23-24(18-22)30-25(29-23)20-11-13-21(14-12-20)26(31)28-17-7-10-19-8-5-4-6-9-19/h4-6,8-9,11-16,18H,7,10,17H2,1-3H3,(H,28,31)(H,29,30). The lowest BCUT2D eigenvalue weighted by Crippen LogP contribution is -2.24. The van der Waals surface area contributed by atoms with Gasteiger partial charge in [0.25, 0.3) is 5.91 Å². The number of fused-ring (bicyclic) bond motifs is 1. The quantitative estimate of drug-likeness (QED) is 0.389. The smallest absolute Gasteiger partial charge is 0.251 e. The SMILES string of the molecule is CC(C)(C)c1ccc2nc(-c3ccc(C(=O)NCCCc4ccccc4)cc3)[nH]c2c1. The number of hydrogen-bond donors (Lipinski definition) is 2. The first kappa shape index (κ1) is 20.9. The number of aromatic nitrogens is 2. The second-order valence-corrected chi connectivity index (χ2v) is 8.99. The molecule has 0 saturated carbocycles. The second-order valence-electron chi connectivity index (χ2n) is 8.99. The Morgan fingerprint density at radius 1 is 0.968 bits per heavy atom. The lowest BCUT2D eigenvalue weighted by molar-refractivity contribution is 0.0953. The highest BCUT2D eigenvalue weighted by Gasteiger charge is 2.15. The molecule has 3 aromatic carbocycles. The molecule has 0 spiro atoms. The number of imidazole rings is 1. The van der Waals surface area contributed by atoms with Gasteiger partial charge in [0.1, 0.15) is 5.82 Å². The predicted molar refractivity (Wildman–Crippen MR) is 127 cm³/mol. The Hall–Kier alpha value is -3.40. The van der Waals surface area contributed by atoms with Crippen molar-refractivity contribution in [3.8, 4) is 11.4 Å². The van der Waals surface area contributed by atoms with E-state index < -0.39 is 0 Å². The zero-order chi connectivity index (χ0) is 21.8. The Morgan fingerprint density at radius 3 is 2.42 bits per heavy atom. The van der Waals surface area contributed by atoms with Crippen LogP contribution in [-0.2, 0) is 11.8 Å². The molecule has 0 fully saturated rings. The molecule has 158 valence electrons. The van der Waals surface area contributed by atoms with Gasteiger partial charge in [-0.05, 0) is 53.6 Å². The van der Waals surface area contributed by atoms with Crippen molar-refractivity contribution in [2.24, 2.45) is 0 Å². The number of amides is 1. The average Bonchev–Trinajstić information content (AvgIpc) is 3.20. The van der Waals surface area contributed by atoms with Crippen LogP contribution in [0.25, 0.3) is 22.4 Å². The van der Waals surface area contributed by atoms with Crippen molar-refractivity contribution in [2.75, 3.05) is 6.54 Å². The first-order valence-corrected chi connectivity index (χ1v) is 10.8. The molecule has 0 aliphatic carbocycles. The van der Waals surface area contributed by atoms with Gasteiger partial charge >= 0.3 is 0 Å². The Kier molecular flexibility index (Phi) is 5.90. The van der Waals surface area contributed by atoms with Crippen LogP contribution in [0.4, 0.5) is 0 Å². The van der Waals surface area contributed by atoms with E-state index in [2.05, 4.69) is 61.4 Å². The molecule has 4 nitrogen and oxygen atoms in total. The highest BCUT2D eigenvalue weighted by molar-refractivity contribution is 5.94. The van der Waals surface area contributed by atoms with Crippen molar-refractivity contribution in [2.45, 2.75) is 39.0 Å². The van der Waals surface area contributed by atoms with Gasteiger partial charge < -0.3 is 10.3 Å². The van der Waals surface area contributed by atoms with Gasteiger partial charge in [-0.1, -0.05) is 69.3 Å². The van der Waals surface area contributed by atoms with Crippen molar-refractivity contribution in [1.82, 2.24) is 15.3 Å². The van der Waals surface area contributed by atoms with Crippen LogP contribution in [0.15, 0.2) is 72.8 Å². The summed E-state index contributed by atoms with van der Waals surface area (Å²) in [6, 6.07) is 24.3. The summed E-state index contributed by atoms with van der Waals surface area (Å²) in [5, 5.41) is 3.01. The molecular weight excluding hydrogens is 382 g/mol. The van der Waals surface area contributed by atoms with Gasteiger partial charge in [-0.15, -0.1) is 0 Å².